The molecule has 1 saturated heterocycles. The van der Waals surface area contributed by atoms with E-state index >= 15 is 0 Å². The molecular formula is C29H31N7OS. The van der Waals surface area contributed by atoms with E-state index < -0.39 is 0 Å². The van der Waals surface area contributed by atoms with Gasteiger partial charge in [0, 0.05) is 50.2 Å². The molecule has 8 nitrogen and oxygen atoms in total. The van der Waals surface area contributed by atoms with Crippen molar-refractivity contribution in [2.24, 2.45) is 0 Å². The summed E-state index contributed by atoms with van der Waals surface area (Å²) in [4.78, 5) is 26.6. The van der Waals surface area contributed by atoms with Gasteiger partial charge in [0.05, 0.1) is 16.9 Å². The molecule has 0 saturated carbocycles. The third kappa shape index (κ3) is 5.84. The minimum Gasteiger partial charge on any atom is -0.384 e. The van der Waals surface area contributed by atoms with Crippen LogP contribution in [0.15, 0.2) is 79.1 Å². The van der Waals surface area contributed by atoms with Gasteiger partial charge in [-0.15, -0.1) is 0 Å². The van der Waals surface area contributed by atoms with Gasteiger partial charge in [0.1, 0.15) is 12.1 Å². The van der Waals surface area contributed by atoms with Crippen molar-refractivity contribution >= 4 is 51.3 Å². The lowest BCUT2D eigenvalue weighted by Gasteiger charge is -2.37. The lowest BCUT2D eigenvalue weighted by atomic mass is 10.1. The number of piperazine rings is 1. The number of fused-ring (bicyclic) bond motifs is 1. The molecule has 1 amide bonds. The van der Waals surface area contributed by atoms with Crippen LogP contribution in [0.5, 0.6) is 0 Å². The molecule has 0 unspecified atom stereocenters. The Morgan fingerprint density at radius 3 is 2.34 bits per heavy atom. The molecule has 9 heteroatoms. The SMILES string of the molecule is CCNc1cc2ncnc(N3CCN(C(=S)NCc4ccccc4)CC3)c2cc1NC(=O)c1ccccc1. The van der Waals surface area contributed by atoms with E-state index in [1.54, 1.807) is 18.5 Å². The van der Waals surface area contributed by atoms with Crippen molar-refractivity contribution in [3.8, 4) is 0 Å². The Labute approximate surface area is 228 Å². The van der Waals surface area contributed by atoms with E-state index in [0.717, 1.165) is 60.2 Å². The lowest BCUT2D eigenvalue weighted by molar-refractivity contribution is 0.102. The van der Waals surface area contributed by atoms with Gasteiger partial charge in [-0.25, -0.2) is 9.97 Å². The van der Waals surface area contributed by atoms with Crippen molar-refractivity contribution in [3.05, 3.63) is 90.3 Å². The Hall–Kier alpha value is -4.24. The zero-order valence-corrected chi connectivity index (χ0v) is 22.2. The van der Waals surface area contributed by atoms with E-state index in [4.69, 9.17) is 12.2 Å². The van der Waals surface area contributed by atoms with Gasteiger partial charge in [0.25, 0.3) is 5.91 Å². The average Bonchev–Trinajstić information content (AvgIpc) is 2.97. The topological polar surface area (TPSA) is 85.4 Å². The minimum absolute atomic E-state index is 0.160. The van der Waals surface area contributed by atoms with Crippen molar-refractivity contribution in [2.75, 3.05) is 48.3 Å². The molecule has 0 spiro atoms. The lowest BCUT2D eigenvalue weighted by Crippen LogP contribution is -2.51. The molecule has 2 heterocycles. The number of amides is 1. The fraction of sp³-hybridized carbons (Fsp3) is 0.241. The number of rotatable bonds is 7. The number of hydrogen-bond donors (Lipinski definition) is 3. The zero-order valence-electron chi connectivity index (χ0n) is 21.4. The fourth-order valence-corrected chi connectivity index (χ4v) is 4.83. The maximum atomic E-state index is 12.9. The van der Waals surface area contributed by atoms with Gasteiger partial charge in [-0.1, -0.05) is 48.5 Å². The Bertz CT molecular complexity index is 1410. The quantitative estimate of drug-likeness (QED) is 0.304. The normalized spacial score (nSPS) is 13.3. The van der Waals surface area contributed by atoms with Crippen LogP contribution >= 0.6 is 12.2 Å². The highest BCUT2D eigenvalue weighted by molar-refractivity contribution is 7.80. The number of nitrogens with one attached hydrogen (secondary N) is 3. The van der Waals surface area contributed by atoms with Crippen molar-refractivity contribution in [3.63, 3.8) is 0 Å². The molecule has 38 heavy (non-hydrogen) atoms. The van der Waals surface area contributed by atoms with Crippen LogP contribution in [0.1, 0.15) is 22.8 Å². The number of thiocarbonyl (C=S) groups is 1. The van der Waals surface area contributed by atoms with Gasteiger partial charge in [-0.05, 0) is 49.0 Å². The maximum Gasteiger partial charge on any atom is 0.255 e. The van der Waals surface area contributed by atoms with Crippen molar-refractivity contribution in [2.45, 2.75) is 13.5 Å². The van der Waals surface area contributed by atoms with Crippen LogP contribution in [0.25, 0.3) is 10.9 Å². The summed E-state index contributed by atoms with van der Waals surface area (Å²) in [5.41, 5.74) is 4.16. The first-order valence-electron chi connectivity index (χ1n) is 12.8. The maximum absolute atomic E-state index is 12.9. The number of nitrogens with zero attached hydrogens (tertiary/aromatic N) is 4. The van der Waals surface area contributed by atoms with Gasteiger partial charge in [-0.3, -0.25) is 4.79 Å². The summed E-state index contributed by atoms with van der Waals surface area (Å²) in [6, 6.07) is 23.4. The van der Waals surface area contributed by atoms with E-state index in [1.165, 1.54) is 5.56 Å². The number of anilines is 3. The molecule has 3 aromatic carbocycles. The highest BCUT2D eigenvalue weighted by atomic mass is 32.1. The molecule has 0 aliphatic carbocycles. The molecule has 4 aromatic rings. The summed E-state index contributed by atoms with van der Waals surface area (Å²) >= 11 is 5.67. The third-order valence-electron chi connectivity index (χ3n) is 6.56. The number of hydrogen-bond acceptors (Lipinski definition) is 6. The van der Waals surface area contributed by atoms with Gasteiger partial charge in [-0.2, -0.15) is 0 Å². The second-order valence-electron chi connectivity index (χ2n) is 9.08. The van der Waals surface area contributed by atoms with Gasteiger partial charge in [0.2, 0.25) is 0 Å². The van der Waals surface area contributed by atoms with E-state index in [-0.39, 0.29) is 5.91 Å². The van der Waals surface area contributed by atoms with Gasteiger partial charge < -0.3 is 25.8 Å². The highest BCUT2D eigenvalue weighted by Gasteiger charge is 2.22. The van der Waals surface area contributed by atoms with Gasteiger partial charge in [0.15, 0.2) is 5.11 Å². The van der Waals surface area contributed by atoms with E-state index in [2.05, 4.69) is 47.9 Å². The monoisotopic (exact) mass is 525 g/mol. The fourth-order valence-electron chi connectivity index (χ4n) is 4.57. The molecule has 0 bridgehead atoms. The zero-order chi connectivity index (χ0) is 26.3. The molecule has 1 aromatic heterocycles. The Balaban J connectivity index is 1.32. The first-order chi connectivity index (χ1) is 18.6. The average molecular weight is 526 g/mol. The standard InChI is InChI=1S/C29H31N7OS/c1-2-30-25-18-24-23(17-26(25)34-28(37)22-11-7-4-8-12-22)27(33-20-32-24)35-13-15-36(16-14-35)29(38)31-19-21-9-5-3-6-10-21/h3-12,17-18,20,30H,2,13-16,19H2,1H3,(H,31,38)(H,34,37). The predicted octanol–water partition coefficient (Wildman–Crippen LogP) is 4.51. The molecule has 194 valence electrons. The molecule has 3 N–H and O–H groups in total. The summed E-state index contributed by atoms with van der Waals surface area (Å²) in [5.74, 6) is 0.698. The van der Waals surface area contributed by atoms with Crippen molar-refractivity contribution in [1.29, 1.82) is 0 Å². The van der Waals surface area contributed by atoms with Crippen LogP contribution in [0.4, 0.5) is 17.2 Å². The minimum atomic E-state index is -0.160. The summed E-state index contributed by atoms with van der Waals surface area (Å²) < 4.78 is 0. The Morgan fingerprint density at radius 2 is 1.63 bits per heavy atom. The summed E-state index contributed by atoms with van der Waals surface area (Å²) in [7, 11) is 0. The van der Waals surface area contributed by atoms with Crippen LogP contribution in [0.3, 0.4) is 0 Å². The molecule has 1 aliphatic rings. The summed E-state index contributed by atoms with van der Waals surface area (Å²) in [6.45, 7) is 6.59. The van der Waals surface area contributed by atoms with Crippen LogP contribution in [-0.2, 0) is 6.54 Å². The molecular weight excluding hydrogens is 494 g/mol. The Kier molecular flexibility index (Phi) is 7.94. The molecule has 1 fully saturated rings. The second-order valence-corrected chi connectivity index (χ2v) is 9.47. The highest BCUT2D eigenvalue weighted by Crippen LogP contribution is 2.32. The van der Waals surface area contributed by atoms with Crippen molar-refractivity contribution < 1.29 is 4.79 Å². The van der Waals surface area contributed by atoms with E-state index in [1.807, 2.05) is 55.5 Å². The van der Waals surface area contributed by atoms with Crippen LogP contribution in [-0.4, -0.2) is 58.6 Å². The largest absolute Gasteiger partial charge is 0.384 e. The number of carbonyl (C=O) groups excluding carboxylic acids is 1. The predicted molar refractivity (Wildman–Crippen MR) is 158 cm³/mol. The van der Waals surface area contributed by atoms with E-state index in [9.17, 15) is 4.79 Å². The van der Waals surface area contributed by atoms with Crippen LogP contribution in [0.2, 0.25) is 0 Å². The summed E-state index contributed by atoms with van der Waals surface area (Å²) in [6.07, 6.45) is 1.61. The second kappa shape index (κ2) is 11.9. The van der Waals surface area contributed by atoms with Crippen molar-refractivity contribution in [1.82, 2.24) is 20.2 Å². The smallest absolute Gasteiger partial charge is 0.255 e. The first-order valence-corrected chi connectivity index (χ1v) is 13.2. The number of aromatic nitrogens is 2. The van der Waals surface area contributed by atoms with Crippen LogP contribution < -0.4 is 20.9 Å². The van der Waals surface area contributed by atoms with Gasteiger partial charge >= 0.3 is 0 Å². The number of carbonyl (C=O) groups is 1. The molecule has 1 aliphatic heterocycles. The molecule has 0 radical (unpaired) electrons. The summed E-state index contributed by atoms with van der Waals surface area (Å²) in [5, 5.41) is 11.5. The third-order valence-corrected chi connectivity index (χ3v) is 6.96. The van der Waals surface area contributed by atoms with E-state index in [0.29, 0.717) is 17.8 Å². The molecule has 5 rings (SSSR count). The Morgan fingerprint density at radius 1 is 0.921 bits per heavy atom. The number of benzene rings is 3. The first kappa shape index (κ1) is 25.4. The van der Waals surface area contributed by atoms with Crippen LogP contribution in [0, 0.1) is 0 Å². The molecule has 0 atom stereocenters.